The zero-order valence-corrected chi connectivity index (χ0v) is 60.7. The molecule has 4 aliphatic rings. The summed E-state index contributed by atoms with van der Waals surface area (Å²) in [5.41, 5.74) is -1.22. The maximum Gasteiger partial charge on any atom is 0.350 e. The van der Waals surface area contributed by atoms with Crippen LogP contribution in [0.1, 0.15) is 283 Å². The minimum absolute atomic E-state index is 0.0399. The van der Waals surface area contributed by atoms with E-state index in [9.17, 15) is 35.4 Å². The molecule has 0 radical (unpaired) electrons. The third-order valence-electron chi connectivity index (χ3n) is 17.9. The van der Waals surface area contributed by atoms with Gasteiger partial charge in [0, 0.05) is 53.4 Å². The summed E-state index contributed by atoms with van der Waals surface area (Å²) in [5, 5.41) is 59.5. The third kappa shape index (κ3) is 21.3. The molecule has 5 N–H and O–H groups in total. The molecular weight excluding hydrogens is 1080 g/mol. The van der Waals surface area contributed by atoms with Crippen molar-refractivity contribution in [2.75, 3.05) is 20.3 Å². The van der Waals surface area contributed by atoms with Crippen LogP contribution < -0.4 is 0 Å². The molecule has 2 saturated carbocycles. The number of benzene rings is 1. The molecule has 16 heteroatoms. The summed E-state index contributed by atoms with van der Waals surface area (Å²) in [4.78, 5) is 15.6. The zero-order chi connectivity index (χ0) is 66.0. The molecule has 1 aromatic carbocycles. The Labute approximate surface area is 516 Å². The topological polar surface area (TPSA) is 173 Å². The summed E-state index contributed by atoms with van der Waals surface area (Å²) in [6.07, 6.45) is 11.7. The second-order valence-corrected chi connectivity index (χ2v) is 35.3. The molecule has 0 bridgehead atoms. The number of nitrogens with zero attached hydrogens (tertiary/aromatic N) is 6. The fraction of sp³-hybridized carbons (Fsp3) is 0.897. The number of piperidine rings is 1. The van der Waals surface area contributed by atoms with Crippen molar-refractivity contribution >= 4 is 13.5 Å². The molecular formula is C68H135N6O9P. The quantitative estimate of drug-likeness (QED) is 0.0988. The van der Waals surface area contributed by atoms with Crippen LogP contribution in [0.4, 0.5) is 0 Å². The summed E-state index contributed by atoms with van der Waals surface area (Å²) < 4.78 is 23.2. The predicted molar refractivity (Wildman–Crippen MR) is 348 cm³/mol. The van der Waals surface area contributed by atoms with Crippen molar-refractivity contribution in [2.24, 2.45) is 40.4 Å². The summed E-state index contributed by atoms with van der Waals surface area (Å²) >= 11 is 0. The number of hydroxylamine groups is 10. The van der Waals surface area contributed by atoms with Crippen molar-refractivity contribution < 1.29 is 44.4 Å². The van der Waals surface area contributed by atoms with E-state index in [0.29, 0.717) is 36.1 Å². The van der Waals surface area contributed by atoms with Crippen LogP contribution >= 0.6 is 7.60 Å². The van der Waals surface area contributed by atoms with Gasteiger partial charge < -0.3 is 40.0 Å². The molecule has 2 heterocycles. The molecule has 4 fully saturated rings. The molecule has 7 atom stereocenters. The van der Waals surface area contributed by atoms with Crippen LogP contribution in [0.3, 0.4) is 0 Å². The van der Waals surface area contributed by atoms with Gasteiger partial charge in [-0.25, -0.2) is 0 Å². The Bertz CT molecular complexity index is 2100. The van der Waals surface area contributed by atoms with Gasteiger partial charge in [-0.15, -0.1) is 0 Å². The zero-order valence-electron chi connectivity index (χ0n) is 59.8. The van der Waals surface area contributed by atoms with Gasteiger partial charge in [0.15, 0.2) is 0 Å². The van der Waals surface area contributed by atoms with Crippen LogP contribution in [-0.4, -0.2) is 139 Å². The standard InChI is InChI=1S/C21H38N2O2.C14H23NO.C12H28NO4P.C12H27NO.C9H19NO/c1-15(2)18-10-9-17(5)13-21(18)14-22(16(3)4)19(24)20(23(21)25)11-7-6-8-12-20;1-11(2)13(15(16)14(3,4)5)12-9-7-6-8-10-12;1-9-17-18(15,16-8)10(11(2,3)4)13(14)12(5,6)7;1-9(2)10(11(3,4)5)13(14)12(6,7)8;1-8(2)6-5-7-9(3,4)10(8)11/h15-18,25H,6-14H2,1-5H3;6-11,13,16H,1-5H3;10,14H,9H2,1-8H3;9-10,14H,1-8H3;11H,5-7H2,1-4H3/t17-,18?,21-;;;;/m1..../s1. The summed E-state index contributed by atoms with van der Waals surface area (Å²) in [6, 6.07) is 10.6. The molecule has 5 rings (SSSR count). The van der Waals surface area contributed by atoms with Gasteiger partial charge >= 0.3 is 7.60 Å². The second-order valence-electron chi connectivity index (χ2n) is 33.1. The monoisotopic (exact) mass is 1210 g/mol. The SMILES string of the molecule is CC(C)C(N(O)C(C)(C)C)C(C)(C)C.CC(C)C(c1ccccc1)N(O)C(C)(C)C.CC(C)C1CC[C@@H](C)C[C@@]12CN(C(C)C)C(=O)C1(CCCCC1)N2O.CC1(C)CCCC(C)(C)N1O.CCOP(=O)(OC)C(N(O)C(C)(C)C)C(C)(C)C. The van der Waals surface area contributed by atoms with Gasteiger partial charge in [-0.1, -0.05) is 146 Å². The molecule has 1 aromatic rings. The normalized spacial score (nSPS) is 24.5. The Kier molecular flexibility index (Phi) is 30.1. The first-order valence-corrected chi connectivity index (χ1v) is 34.0. The van der Waals surface area contributed by atoms with Gasteiger partial charge in [-0.05, 0) is 202 Å². The van der Waals surface area contributed by atoms with Gasteiger partial charge in [0.1, 0.15) is 11.3 Å². The average Bonchev–Trinajstić information content (AvgIpc) is 0.951. The van der Waals surface area contributed by atoms with Gasteiger partial charge in [0.25, 0.3) is 0 Å². The van der Waals surface area contributed by atoms with Crippen molar-refractivity contribution in [3.8, 4) is 0 Å². The maximum absolute atomic E-state index is 13.5. The molecule has 2 spiro atoms. The Balaban J connectivity index is 0.000000540. The highest BCUT2D eigenvalue weighted by atomic mass is 31.2. The fourth-order valence-electron chi connectivity index (χ4n) is 13.8. The highest BCUT2D eigenvalue weighted by Crippen LogP contribution is 2.60. The molecule has 2 aliphatic heterocycles. The van der Waals surface area contributed by atoms with Crippen molar-refractivity contribution in [1.82, 2.24) is 30.2 Å². The first kappa shape index (κ1) is 80.5. The lowest BCUT2D eigenvalue weighted by atomic mass is 9.61. The molecule has 496 valence electrons. The predicted octanol–water partition coefficient (Wildman–Crippen LogP) is 18.0. The van der Waals surface area contributed by atoms with Crippen LogP contribution in [0.15, 0.2) is 30.3 Å². The van der Waals surface area contributed by atoms with E-state index in [-0.39, 0.29) is 63.7 Å². The number of piperazine rings is 1. The number of carbonyl (C=O) groups is 1. The fourth-order valence-corrected chi connectivity index (χ4v) is 16.2. The lowest BCUT2D eigenvalue weighted by Crippen LogP contribution is -2.78. The van der Waals surface area contributed by atoms with E-state index in [0.717, 1.165) is 62.0 Å². The molecule has 84 heavy (non-hydrogen) atoms. The first-order valence-electron chi connectivity index (χ1n) is 32.4. The summed E-state index contributed by atoms with van der Waals surface area (Å²) in [5.74, 6) is 1.83. The highest BCUT2D eigenvalue weighted by molar-refractivity contribution is 7.54. The molecule has 2 aliphatic carbocycles. The van der Waals surface area contributed by atoms with E-state index in [2.05, 4.69) is 128 Å². The van der Waals surface area contributed by atoms with E-state index in [4.69, 9.17) is 9.05 Å². The second kappa shape index (κ2) is 31.5. The van der Waals surface area contributed by atoms with Crippen LogP contribution in [0.25, 0.3) is 0 Å². The summed E-state index contributed by atoms with van der Waals surface area (Å²) in [7, 11) is -2.06. The van der Waals surface area contributed by atoms with Crippen LogP contribution in [0.2, 0.25) is 0 Å². The molecule has 5 unspecified atom stereocenters. The van der Waals surface area contributed by atoms with Crippen molar-refractivity contribution in [3.63, 3.8) is 0 Å². The molecule has 2 saturated heterocycles. The van der Waals surface area contributed by atoms with E-state index in [1.165, 1.54) is 41.6 Å². The van der Waals surface area contributed by atoms with E-state index in [1.807, 2.05) is 101 Å². The average molecular weight is 1210 g/mol. The van der Waals surface area contributed by atoms with Gasteiger partial charge in [0.2, 0.25) is 5.91 Å². The van der Waals surface area contributed by atoms with Crippen LogP contribution in [0.5, 0.6) is 0 Å². The Morgan fingerprint density at radius 1 is 0.643 bits per heavy atom. The van der Waals surface area contributed by atoms with Crippen molar-refractivity contribution in [2.45, 2.75) is 334 Å². The first-order chi connectivity index (χ1) is 37.8. The number of hydrogen-bond donors (Lipinski definition) is 5. The number of carbonyl (C=O) groups excluding carboxylic acids is 1. The lowest BCUT2D eigenvalue weighted by molar-refractivity contribution is -0.296. The Hall–Kier alpha value is -1.56. The highest BCUT2D eigenvalue weighted by Gasteiger charge is 2.63. The molecule has 0 aromatic heterocycles. The lowest BCUT2D eigenvalue weighted by Gasteiger charge is -2.63. The van der Waals surface area contributed by atoms with Crippen LogP contribution in [-0.2, 0) is 18.4 Å². The Morgan fingerprint density at radius 3 is 1.44 bits per heavy atom. The maximum atomic E-state index is 13.5. The van der Waals surface area contributed by atoms with E-state index in [1.54, 1.807) is 12.0 Å². The van der Waals surface area contributed by atoms with E-state index >= 15 is 0 Å². The molecule has 1 amide bonds. The number of rotatable bonds is 12. The van der Waals surface area contributed by atoms with Gasteiger partial charge in [0.05, 0.1) is 18.2 Å². The van der Waals surface area contributed by atoms with Crippen molar-refractivity contribution in [1.29, 1.82) is 0 Å². The van der Waals surface area contributed by atoms with Crippen LogP contribution in [0, 0.1) is 40.4 Å². The Morgan fingerprint density at radius 2 is 1.11 bits per heavy atom. The molecule has 15 nitrogen and oxygen atoms in total. The van der Waals surface area contributed by atoms with Crippen molar-refractivity contribution in [3.05, 3.63) is 35.9 Å². The van der Waals surface area contributed by atoms with E-state index < -0.39 is 29.9 Å². The minimum atomic E-state index is -3.41. The van der Waals surface area contributed by atoms with Gasteiger partial charge in [-0.3, -0.25) is 9.36 Å². The number of hydrogen-bond acceptors (Lipinski definition) is 14. The third-order valence-corrected chi connectivity index (χ3v) is 20.6. The smallest absolute Gasteiger partial charge is 0.337 e. The largest absolute Gasteiger partial charge is 0.350 e. The minimum Gasteiger partial charge on any atom is -0.337 e. The summed E-state index contributed by atoms with van der Waals surface area (Å²) in [6.45, 7) is 60.7. The number of amides is 1. The van der Waals surface area contributed by atoms with Gasteiger partial charge in [-0.2, -0.15) is 25.3 Å².